The summed E-state index contributed by atoms with van der Waals surface area (Å²) in [5, 5.41) is 3.44. The zero-order valence-electron chi connectivity index (χ0n) is 12.2. The van der Waals surface area contributed by atoms with Gasteiger partial charge in [-0.3, -0.25) is 4.79 Å². The Morgan fingerprint density at radius 2 is 2.22 bits per heavy atom. The van der Waals surface area contributed by atoms with Gasteiger partial charge >= 0.3 is 0 Å². The maximum atomic E-state index is 11.9. The van der Waals surface area contributed by atoms with Gasteiger partial charge in [0.05, 0.1) is 0 Å². The van der Waals surface area contributed by atoms with E-state index >= 15 is 0 Å². The first-order valence-corrected chi connectivity index (χ1v) is 7.30. The van der Waals surface area contributed by atoms with E-state index in [0.29, 0.717) is 5.92 Å². The molecule has 4 heteroatoms. The highest BCUT2D eigenvalue weighted by atomic mass is 16.1. The Hall–Kier alpha value is -0.610. The van der Waals surface area contributed by atoms with Gasteiger partial charge in [0.25, 0.3) is 0 Å². The first kappa shape index (κ1) is 15.4. The van der Waals surface area contributed by atoms with Crippen LogP contribution in [0.4, 0.5) is 0 Å². The van der Waals surface area contributed by atoms with Gasteiger partial charge in [-0.05, 0) is 58.3 Å². The number of nitrogens with one attached hydrogen (secondary N) is 1. The number of carbonyl (C=O) groups excluding carboxylic acids is 1. The summed E-state index contributed by atoms with van der Waals surface area (Å²) >= 11 is 0. The SMILES string of the molecule is CCCNC1(C(N)=O)CCCC1CCN(C)CC. The van der Waals surface area contributed by atoms with Crippen molar-refractivity contribution in [3.8, 4) is 0 Å². The van der Waals surface area contributed by atoms with E-state index in [0.717, 1.165) is 51.7 Å². The van der Waals surface area contributed by atoms with Gasteiger partial charge in [-0.25, -0.2) is 0 Å². The number of carbonyl (C=O) groups is 1. The van der Waals surface area contributed by atoms with Gasteiger partial charge in [-0.15, -0.1) is 0 Å². The molecule has 2 unspecified atom stereocenters. The maximum Gasteiger partial charge on any atom is 0.238 e. The van der Waals surface area contributed by atoms with E-state index in [4.69, 9.17) is 5.73 Å². The van der Waals surface area contributed by atoms with Gasteiger partial charge in [0, 0.05) is 0 Å². The summed E-state index contributed by atoms with van der Waals surface area (Å²) in [5.41, 5.74) is 5.25. The van der Waals surface area contributed by atoms with Gasteiger partial charge in [0.1, 0.15) is 5.54 Å². The molecular weight excluding hydrogens is 226 g/mol. The molecule has 0 heterocycles. The first-order valence-electron chi connectivity index (χ1n) is 7.30. The van der Waals surface area contributed by atoms with Crippen LogP contribution >= 0.6 is 0 Å². The molecular formula is C14H29N3O. The minimum Gasteiger partial charge on any atom is -0.368 e. The molecule has 0 saturated heterocycles. The van der Waals surface area contributed by atoms with Gasteiger partial charge in [0.2, 0.25) is 5.91 Å². The van der Waals surface area contributed by atoms with Crippen LogP contribution in [-0.2, 0) is 4.79 Å². The molecule has 1 saturated carbocycles. The molecule has 0 aromatic rings. The van der Waals surface area contributed by atoms with Crippen LogP contribution in [0.1, 0.15) is 46.0 Å². The molecule has 18 heavy (non-hydrogen) atoms. The minimum atomic E-state index is -0.440. The molecule has 0 aromatic carbocycles. The van der Waals surface area contributed by atoms with E-state index in [9.17, 15) is 4.79 Å². The minimum absolute atomic E-state index is 0.155. The van der Waals surface area contributed by atoms with E-state index in [1.165, 1.54) is 0 Å². The molecule has 1 fully saturated rings. The molecule has 1 aliphatic rings. The van der Waals surface area contributed by atoms with E-state index in [1.807, 2.05) is 0 Å². The molecule has 1 aliphatic carbocycles. The quantitative estimate of drug-likeness (QED) is 0.688. The van der Waals surface area contributed by atoms with Crippen molar-refractivity contribution in [1.29, 1.82) is 0 Å². The average Bonchev–Trinajstić information content (AvgIpc) is 2.77. The standard InChI is InChI=1S/C14H29N3O/c1-4-10-16-14(13(15)18)9-6-7-12(14)8-11-17(3)5-2/h12,16H,4-11H2,1-3H3,(H2,15,18). The zero-order chi connectivity index (χ0) is 13.6. The number of primary amides is 1. The molecule has 106 valence electrons. The van der Waals surface area contributed by atoms with Gasteiger partial charge < -0.3 is 16.0 Å². The lowest BCUT2D eigenvalue weighted by atomic mass is 9.83. The second-order valence-electron chi connectivity index (χ2n) is 5.54. The fourth-order valence-corrected chi connectivity index (χ4v) is 3.00. The van der Waals surface area contributed by atoms with Crippen LogP contribution in [0.3, 0.4) is 0 Å². The molecule has 0 radical (unpaired) electrons. The third-order valence-corrected chi connectivity index (χ3v) is 4.35. The third kappa shape index (κ3) is 3.45. The number of hydrogen-bond acceptors (Lipinski definition) is 3. The lowest BCUT2D eigenvalue weighted by Gasteiger charge is -2.34. The number of nitrogens with two attached hydrogens (primary N) is 1. The van der Waals surface area contributed by atoms with Crippen LogP contribution in [0.25, 0.3) is 0 Å². The van der Waals surface area contributed by atoms with E-state index < -0.39 is 5.54 Å². The first-order chi connectivity index (χ1) is 8.56. The summed E-state index contributed by atoms with van der Waals surface area (Å²) in [6, 6.07) is 0. The van der Waals surface area contributed by atoms with Crippen molar-refractivity contribution in [3.05, 3.63) is 0 Å². The second kappa shape index (κ2) is 7.10. The fraction of sp³-hybridized carbons (Fsp3) is 0.929. The Kier molecular flexibility index (Phi) is 6.09. The zero-order valence-corrected chi connectivity index (χ0v) is 12.2. The highest BCUT2D eigenvalue weighted by Gasteiger charge is 2.46. The smallest absolute Gasteiger partial charge is 0.238 e. The molecule has 1 amide bonds. The highest BCUT2D eigenvalue weighted by Crippen LogP contribution is 2.38. The molecule has 1 rings (SSSR count). The predicted molar refractivity (Wildman–Crippen MR) is 75.3 cm³/mol. The maximum absolute atomic E-state index is 11.9. The van der Waals surface area contributed by atoms with Crippen molar-refractivity contribution in [3.63, 3.8) is 0 Å². The lowest BCUT2D eigenvalue weighted by Crippen LogP contribution is -2.58. The summed E-state index contributed by atoms with van der Waals surface area (Å²) in [4.78, 5) is 14.2. The molecule has 0 bridgehead atoms. The Balaban J connectivity index is 2.65. The number of hydrogen-bond donors (Lipinski definition) is 2. The molecule has 0 spiro atoms. The lowest BCUT2D eigenvalue weighted by molar-refractivity contribution is -0.126. The summed E-state index contributed by atoms with van der Waals surface area (Å²) < 4.78 is 0. The molecule has 3 N–H and O–H groups in total. The number of nitrogens with zero attached hydrogens (tertiary/aromatic N) is 1. The number of rotatable bonds is 8. The topological polar surface area (TPSA) is 58.4 Å². The van der Waals surface area contributed by atoms with Gasteiger partial charge in [0.15, 0.2) is 0 Å². The van der Waals surface area contributed by atoms with Crippen LogP contribution < -0.4 is 11.1 Å². The largest absolute Gasteiger partial charge is 0.368 e. The Bertz CT molecular complexity index is 270. The van der Waals surface area contributed by atoms with E-state index in [2.05, 4.69) is 31.1 Å². The van der Waals surface area contributed by atoms with Crippen molar-refractivity contribution in [2.24, 2.45) is 11.7 Å². The average molecular weight is 255 g/mol. The normalized spacial score (nSPS) is 27.9. The number of amides is 1. The van der Waals surface area contributed by atoms with Crippen LogP contribution in [-0.4, -0.2) is 43.0 Å². The monoisotopic (exact) mass is 255 g/mol. The Morgan fingerprint density at radius 1 is 1.50 bits per heavy atom. The van der Waals surface area contributed by atoms with Crippen molar-refractivity contribution in [2.75, 3.05) is 26.7 Å². The summed E-state index contributed by atoms with van der Waals surface area (Å²) in [6.07, 6.45) is 5.24. The molecule has 0 aromatic heterocycles. The highest BCUT2D eigenvalue weighted by molar-refractivity contribution is 5.85. The fourth-order valence-electron chi connectivity index (χ4n) is 3.00. The van der Waals surface area contributed by atoms with Gasteiger partial charge in [-0.1, -0.05) is 20.3 Å². The van der Waals surface area contributed by atoms with Crippen LogP contribution in [0, 0.1) is 5.92 Å². The molecule has 2 atom stereocenters. The summed E-state index contributed by atoms with van der Waals surface area (Å²) in [6.45, 7) is 7.26. The Morgan fingerprint density at radius 3 is 2.78 bits per heavy atom. The van der Waals surface area contributed by atoms with Crippen molar-refractivity contribution in [1.82, 2.24) is 10.2 Å². The second-order valence-corrected chi connectivity index (χ2v) is 5.54. The molecule has 0 aliphatic heterocycles. The summed E-state index contributed by atoms with van der Waals surface area (Å²) in [7, 11) is 2.13. The van der Waals surface area contributed by atoms with Crippen molar-refractivity contribution in [2.45, 2.75) is 51.5 Å². The van der Waals surface area contributed by atoms with Crippen molar-refractivity contribution < 1.29 is 4.79 Å². The Labute approximate surface area is 111 Å². The van der Waals surface area contributed by atoms with Crippen LogP contribution in [0.2, 0.25) is 0 Å². The van der Waals surface area contributed by atoms with Crippen LogP contribution in [0.15, 0.2) is 0 Å². The third-order valence-electron chi connectivity index (χ3n) is 4.35. The summed E-state index contributed by atoms with van der Waals surface area (Å²) in [5.74, 6) is 0.244. The predicted octanol–water partition coefficient (Wildman–Crippen LogP) is 1.35. The van der Waals surface area contributed by atoms with E-state index in [1.54, 1.807) is 0 Å². The van der Waals surface area contributed by atoms with Gasteiger partial charge in [-0.2, -0.15) is 0 Å². The van der Waals surface area contributed by atoms with Crippen LogP contribution in [0.5, 0.6) is 0 Å². The van der Waals surface area contributed by atoms with E-state index in [-0.39, 0.29) is 5.91 Å². The van der Waals surface area contributed by atoms with Crippen molar-refractivity contribution >= 4 is 5.91 Å². The molecule has 4 nitrogen and oxygen atoms in total.